The van der Waals surface area contributed by atoms with Crippen LogP contribution in [-0.4, -0.2) is 46.1 Å². The van der Waals surface area contributed by atoms with Gasteiger partial charge in [0.1, 0.15) is 6.10 Å². The molecule has 0 spiro atoms. The molecule has 0 heterocycles. The number of carbonyl (C=O) groups excluding carboxylic acids is 1. The second kappa shape index (κ2) is 35.0. The summed E-state index contributed by atoms with van der Waals surface area (Å²) >= 11 is 0. The molecule has 0 rings (SSSR count). The minimum absolute atomic E-state index is 0.151. The standard InChI is InChI=1S/C39H77NO4/c1-3-5-7-9-11-13-14-15-16-17-18-19-20-21-22-23-24-25-26-28-30-32-34-38(43)40-36(35-41)39(44)37(42)33-31-29-27-12-10-8-6-4-2/h20-21,36-37,39,41-42,44H,3-19,22-35H2,1-2H3,(H,40,43)/b21-20-. The molecule has 0 fully saturated rings. The Morgan fingerprint density at radius 2 is 0.909 bits per heavy atom. The van der Waals surface area contributed by atoms with Crippen molar-refractivity contribution in [3.8, 4) is 0 Å². The van der Waals surface area contributed by atoms with Crippen molar-refractivity contribution in [2.24, 2.45) is 0 Å². The molecule has 1 amide bonds. The van der Waals surface area contributed by atoms with E-state index < -0.39 is 18.2 Å². The predicted octanol–water partition coefficient (Wildman–Crippen LogP) is 10.5. The van der Waals surface area contributed by atoms with Crippen molar-refractivity contribution in [3.63, 3.8) is 0 Å². The summed E-state index contributed by atoms with van der Waals surface area (Å²) in [5, 5.41) is 33.2. The molecule has 0 aliphatic heterocycles. The SMILES string of the molecule is CCCCCCCCCCCCC/C=C\CCCCCCCCCC(=O)NC(CO)C(O)C(O)CCCCCCCCCC. The summed E-state index contributed by atoms with van der Waals surface area (Å²) in [6.45, 7) is 4.14. The van der Waals surface area contributed by atoms with Crippen molar-refractivity contribution >= 4 is 5.91 Å². The van der Waals surface area contributed by atoms with E-state index in [4.69, 9.17) is 0 Å². The van der Waals surface area contributed by atoms with Gasteiger partial charge >= 0.3 is 0 Å². The highest BCUT2D eigenvalue weighted by Crippen LogP contribution is 2.15. The Hall–Kier alpha value is -0.910. The normalized spacial score (nSPS) is 13.8. The molecule has 262 valence electrons. The summed E-state index contributed by atoms with van der Waals surface area (Å²) in [7, 11) is 0. The number of allylic oxidation sites excluding steroid dienone is 2. The van der Waals surface area contributed by atoms with Gasteiger partial charge in [-0.3, -0.25) is 4.79 Å². The van der Waals surface area contributed by atoms with Gasteiger partial charge in [-0.1, -0.05) is 174 Å². The molecule has 0 saturated carbocycles. The summed E-state index contributed by atoms with van der Waals surface area (Å²) in [5.41, 5.74) is 0. The number of aliphatic hydroxyl groups is 3. The lowest BCUT2D eigenvalue weighted by Crippen LogP contribution is -2.50. The van der Waals surface area contributed by atoms with Crippen LogP contribution >= 0.6 is 0 Å². The fourth-order valence-electron chi connectivity index (χ4n) is 6.04. The van der Waals surface area contributed by atoms with E-state index in [1.807, 2.05) is 0 Å². The summed E-state index contributed by atoms with van der Waals surface area (Å²) in [6.07, 6.45) is 38.9. The van der Waals surface area contributed by atoms with Crippen molar-refractivity contribution in [2.45, 2.75) is 225 Å². The third-order valence-corrected chi connectivity index (χ3v) is 9.12. The Balaban J connectivity index is 3.58. The van der Waals surface area contributed by atoms with Gasteiger partial charge in [-0.25, -0.2) is 0 Å². The van der Waals surface area contributed by atoms with Crippen LogP contribution in [0.4, 0.5) is 0 Å². The van der Waals surface area contributed by atoms with Crippen molar-refractivity contribution in [2.75, 3.05) is 6.61 Å². The molecular weight excluding hydrogens is 546 g/mol. The first kappa shape index (κ1) is 43.1. The van der Waals surface area contributed by atoms with E-state index in [1.165, 1.54) is 141 Å². The first-order valence-corrected chi connectivity index (χ1v) is 19.5. The molecule has 3 unspecified atom stereocenters. The number of unbranched alkanes of at least 4 members (excludes halogenated alkanes) is 25. The van der Waals surface area contributed by atoms with Crippen LogP contribution in [-0.2, 0) is 4.79 Å². The van der Waals surface area contributed by atoms with Crippen molar-refractivity contribution in [1.29, 1.82) is 0 Å². The molecule has 0 saturated heterocycles. The maximum atomic E-state index is 12.3. The number of hydrogen-bond donors (Lipinski definition) is 4. The number of hydrogen-bond acceptors (Lipinski definition) is 4. The van der Waals surface area contributed by atoms with Gasteiger partial charge in [0.05, 0.1) is 18.8 Å². The van der Waals surface area contributed by atoms with Crippen LogP contribution in [0, 0.1) is 0 Å². The van der Waals surface area contributed by atoms with Crippen LogP contribution in [0.5, 0.6) is 0 Å². The number of amides is 1. The van der Waals surface area contributed by atoms with Gasteiger partial charge < -0.3 is 20.6 Å². The Morgan fingerprint density at radius 3 is 1.32 bits per heavy atom. The molecule has 5 heteroatoms. The third kappa shape index (κ3) is 29.8. The maximum Gasteiger partial charge on any atom is 0.220 e. The van der Waals surface area contributed by atoms with Crippen molar-refractivity contribution in [1.82, 2.24) is 5.32 Å². The molecule has 0 radical (unpaired) electrons. The van der Waals surface area contributed by atoms with E-state index in [0.29, 0.717) is 12.8 Å². The molecular formula is C39H77NO4. The number of nitrogens with one attached hydrogen (secondary N) is 1. The van der Waals surface area contributed by atoms with Crippen LogP contribution < -0.4 is 5.32 Å². The van der Waals surface area contributed by atoms with Gasteiger partial charge in [0.25, 0.3) is 0 Å². The van der Waals surface area contributed by atoms with E-state index >= 15 is 0 Å². The highest BCUT2D eigenvalue weighted by atomic mass is 16.3. The Bertz CT molecular complexity index is 611. The second-order valence-electron chi connectivity index (χ2n) is 13.5. The Kier molecular flexibility index (Phi) is 34.2. The Labute approximate surface area is 274 Å². The van der Waals surface area contributed by atoms with Gasteiger partial charge in [0.2, 0.25) is 5.91 Å². The summed E-state index contributed by atoms with van der Waals surface area (Å²) in [6, 6.07) is -0.805. The zero-order valence-corrected chi connectivity index (χ0v) is 29.6. The molecule has 0 bridgehead atoms. The van der Waals surface area contributed by atoms with Gasteiger partial charge in [0, 0.05) is 6.42 Å². The molecule has 3 atom stereocenters. The van der Waals surface area contributed by atoms with Gasteiger partial charge in [0.15, 0.2) is 0 Å². The summed E-state index contributed by atoms with van der Waals surface area (Å²) in [5.74, 6) is -0.151. The minimum atomic E-state index is -1.13. The fourth-order valence-corrected chi connectivity index (χ4v) is 6.04. The lowest BCUT2D eigenvalue weighted by molar-refractivity contribution is -0.124. The van der Waals surface area contributed by atoms with E-state index in [2.05, 4.69) is 31.3 Å². The highest BCUT2D eigenvalue weighted by Gasteiger charge is 2.26. The molecule has 0 aromatic rings. The fraction of sp³-hybridized carbons (Fsp3) is 0.923. The zero-order valence-electron chi connectivity index (χ0n) is 29.6. The lowest BCUT2D eigenvalue weighted by Gasteiger charge is -2.26. The zero-order chi connectivity index (χ0) is 32.4. The van der Waals surface area contributed by atoms with Crippen LogP contribution in [0.3, 0.4) is 0 Å². The molecule has 5 nitrogen and oxygen atoms in total. The topological polar surface area (TPSA) is 89.8 Å². The minimum Gasteiger partial charge on any atom is -0.394 e. The van der Waals surface area contributed by atoms with E-state index in [0.717, 1.165) is 38.5 Å². The highest BCUT2D eigenvalue weighted by molar-refractivity contribution is 5.76. The summed E-state index contributed by atoms with van der Waals surface area (Å²) in [4.78, 5) is 12.3. The van der Waals surface area contributed by atoms with Crippen LogP contribution in [0.2, 0.25) is 0 Å². The van der Waals surface area contributed by atoms with Crippen molar-refractivity contribution in [3.05, 3.63) is 12.2 Å². The largest absolute Gasteiger partial charge is 0.394 e. The average Bonchev–Trinajstić information content (AvgIpc) is 3.03. The van der Waals surface area contributed by atoms with Gasteiger partial charge in [-0.05, 0) is 38.5 Å². The van der Waals surface area contributed by atoms with Crippen molar-refractivity contribution < 1.29 is 20.1 Å². The van der Waals surface area contributed by atoms with E-state index in [1.54, 1.807) is 0 Å². The first-order chi connectivity index (χ1) is 21.6. The molecule has 0 aromatic heterocycles. The first-order valence-electron chi connectivity index (χ1n) is 19.5. The number of aliphatic hydroxyl groups excluding tert-OH is 3. The van der Waals surface area contributed by atoms with Crippen LogP contribution in [0.25, 0.3) is 0 Å². The number of carbonyl (C=O) groups is 1. The second-order valence-corrected chi connectivity index (χ2v) is 13.5. The number of rotatable bonds is 35. The van der Waals surface area contributed by atoms with Crippen LogP contribution in [0.15, 0.2) is 12.2 Å². The Morgan fingerprint density at radius 1 is 0.545 bits per heavy atom. The van der Waals surface area contributed by atoms with Gasteiger partial charge in [-0.2, -0.15) is 0 Å². The van der Waals surface area contributed by atoms with E-state index in [9.17, 15) is 20.1 Å². The quantitative estimate of drug-likeness (QED) is 0.0418. The lowest BCUT2D eigenvalue weighted by atomic mass is 9.99. The maximum absolute atomic E-state index is 12.3. The van der Waals surface area contributed by atoms with E-state index in [-0.39, 0.29) is 12.5 Å². The molecule has 4 N–H and O–H groups in total. The monoisotopic (exact) mass is 624 g/mol. The molecule has 0 aromatic carbocycles. The molecule has 0 aliphatic carbocycles. The molecule has 44 heavy (non-hydrogen) atoms. The molecule has 0 aliphatic rings. The average molecular weight is 624 g/mol. The smallest absolute Gasteiger partial charge is 0.220 e. The van der Waals surface area contributed by atoms with Gasteiger partial charge in [-0.15, -0.1) is 0 Å². The third-order valence-electron chi connectivity index (χ3n) is 9.12. The predicted molar refractivity (Wildman–Crippen MR) is 190 cm³/mol. The summed E-state index contributed by atoms with van der Waals surface area (Å²) < 4.78 is 0. The van der Waals surface area contributed by atoms with Crippen LogP contribution in [0.1, 0.15) is 206 Å².